The third-order valence-corrected chi connectivity index (χ3v) is 3.99. The first-order valence-corrected chi connectivity index (χ1v) is 6.64. The summed E-state index contributed by atoms with van der Waals surface area (Å²) in [7, 11) is 0. The van der Waals surface area contributed by atoms with Crippen LogP contribution in [0.1, 0.15) is 42.1 Å². The molecule has 6 heteroatoms. The summed E-state index contributed by atoms with van der Waals surface area (Å²) in [5, 5.41) is 9.54. The van der Waals surface area contributed by atoms with Gasteiger partial charge < -0.3 is 15.7 Å². The summed E-state index contributed by atoms with van der Waals surface area (Å²) in [4.78, 5) is 29.2. The Morgan fingerprint density at radius 2 is 2.15 bits per heavy atom. The molecule has 1 aliphatic rings. The van der Waals surface area contributed by atoms with Crippen LogP contribution < -0.4 is 10.6 Å². The van der Waals surface area contributed by atoms with Crippen LogP contribution in [0.25, 0.3) is 0 Å². The number of carboxylic acid groups (broad SMARTS) is 1. The van der Waals surface area contributed by atoms with E-state index in [1.165, 1.54) is 0 Å². The van der Waals surface area contributed by atoms with Crippen LogP contribution in [0.15, 0.2) is 12.3 Å². The summed E-state index contributed by atoms with van der Waals surface area (Å²) in [5.41, 5.74) is 5.40. The van der Waals surface area contributed by atoms with Gasteiger partial charge in [-0.05, 0) is 44.7 Å². The Morgan fingerprint density at radius 1 is 1.45 bits per heavy atom. The first-order valence-electron chi connectivity index (χ1n) is 6.64. The highest BCUT2D eigenvalue weighted by atomic mass is 16.4. The van der Waals surface area contributed by atoms with Crippen molar-refractivity contribution in [1.82, 2.24) is 4.98 Å². The first kappa shape index (κ1) is 14.3. The SMILES string of the molecule is Cc1ccnc(N2CCCCC2(C)C(=O)O)c1C(N)=O. The molecule has 1 amide bonds. The maximum absolute atomic E-state index is 11.7. The quantitative estimate of drug-likeness (QED) is 0.868. The third kappa shape index (κ3) is 2.21. The van der Waals surface area contributed by atoms with Crippen LogP contribution in [0.2, 0.25) is 0 Å². The number of aryl methyl sites for hydroxylation is 1. The summed E-state index contributed by atoms with van der Waals surface area (Å²) in [6.07, 6.45) is 3.82. The smallest absolute Gasteiger partial charge is 0.329 e. The maximum atomic E-state index is 11.7. The van der Waals surface area contributed by atoms with Crippen molar-refractivity contribution in [3.63, 3.8) is 0 Å². The molecule has 20 heavy (non-hydrogen) atoms. The Kier molecular flexibility index (Phi) is 3.65. The molecule has 1 unspecified atom stereocenters. The molecule has 2 heterocycles. The predicted molar refractivity (Wildman–Crippen MR) is 74.7 cm³/mol. The molecule has 0 bridgehead atoms. The number of anilines is 1. The molecular weight excluding hydrogens is 258 g/mol. The van der Waals surface area contributed by atoms with Crippen LogP contribution in [-0.2, 0) is 4.79 Å². The molecule has 0 spiro atoms. The van der Waals surface area contributed by atoms with E-state index in [-0.39, 0.29) is 0 Å². The van der Waals surface area contributed by atoms with Crippen molar-refractivity contribution in [2.75, 3.05) is 11.4 Å². The molecule has 1 saturated heterocycles. The molecule has 1 aliphatic heterocycles. The number of amides is 1. The average molecular weight is 277 g/mol. The number of carboxylic acids is 1. The molecule has 0 saturated carbocycles. The van der Waals surface area contributed by atoms with Gasteiger partial charge >= 0.3 is 5.97 Å². The van der Waals surface area contributed by atoms with Crippen molar-refractivity contribution in [2.45, 2.75) is 38.6 Å². The van der Waals surface area contributed by atoms with E-state index in [0.717, 1.165) is 12.8 Å². The van der Waals surface area contributed by atoms with Gasteiger partial charge in [-0.1, -0.05) is 0 Å². The molecule has 0 aliphatic carbocycles. The molecule has 108 valence electrons. The summed E-state index contributed by atoms with van der Waals surface area (Å²) in [5.74, 6) is -1.11. The minimum Gasteiger partial charge on any atom is -0.480 e. The van der Waals surface area contributed by atoms with Gasteiger partial charge in [0.2, 0.25) is 0 Å². The number of piperidine rings is 1. The van der Waals surface area contributed by atoms with E-state index in [2.05, 4.69) is 4.98 Å². The Morgan fingerprint density at radius 3 is 2.75 bits per heavy atom. The lowest BCUT2D eigenvalue weighted by Gasteiger charge is -2.43. The molecule has 2 rings (SSSR count). The average Bonchev–Trinajstić information content (AvgIpc) is 2.38. The first-order chi connectivity index (χ1) is 9.38. The zero-order valence-electron chi connectivity index (χ0n) is 11.7. The summed E-state index contributed by atoms with van der Waals surface area (Å²) >= 11 is 0. The van der Waals surface area contributed by atoms with Gasteiger partial charge in [-0.15, -0.1) is 0 Å². The molecular formula is C14H19N3O3. The predicted octanol–water partition coefficient (Wildman–Crippen LogP) is 1.32. The second-order valence-corrected chi connectivity index (χ2v) is 5.38. The Hall–Kier alpha value is -2.11. The standard InChI is InChI=1S/C14H19N3O3/c1-9-5-7-16-12(10(9)11(15)18)17-8-4-3-6-14(17,2)13(19)20/h5,7H,3-4,6,8H2,1-2H3,(H2,15,18)(H,19,20). The van der Waals surface area contributed by atoms with Crippen LogP contribution in [0.5, 0.6) is 0 Å². The molecule has 6 nitrogen and oxygen atoms in total. The van der Waals surface area contributed by atoms with Crippen LogP contribution in [0.3, 0.4) is 0 Å². The van der Waals surface area contributed by atoms with Gasteiger partial charge in [0.15, 0.2) is 0 Å². The van der Waals surface area contributed by atoms with Gasteiger partial charge in [-0.25, -0.2) is 9.78 Å². The largest absolute Gasteiger partial charge is 0.480 e. The van der Waals surface area contributed by atoms with Gasteiger partial charge in [-0.2, -0.15) is 0 Å². The lowest BCUT2D eigenvalue weighted by molar-refractivity contribution is -0.143. The Bertz CT molecular complexity index is 559. The number of carbonyl (C=O) groups is 2. The second-order valence-electron chi connectivity index (χ2n) is 5.38. The molecule has 3 N–H and O–H groups in total. The molecule has 1 aromatic rings. The highest BCUT2D eigenvalue weighted by Crippen LogP contribution is 2.34. The lowest BCUT2D eigenvalue weighted by Crippen LogP contribution is -2.56. The number of pyridine rings is 1. The molecule has 1 atom stereocenters. The van der Waals surface area contributed by atoms with E-state index in [1.54, 1.807) is 31.0 Å². The van der Waals surface area contributed by atoms with Crippen molar-refractivity contribution < 1.29 is 14.7 Å². The minimum absolute atomic E-state index is 0.307. The monoisotopic (exact) mass is 277 g/mol. The number of rotatable bonds is 3. The topological polar surface area (TPSA) is 96.5 Å². The number of carbonyl (C=O) groups excluding carboxylic acids is 1. The number of hydrogen-bond acceptors (Lipinski definition) is 4. The van der Waals surface area contributed by atoms with Crippen LogP contribution in [0, 0.1) is 6.92 Å². The van der Waals surface area contributed by atoms with Crippen molar-refractivity contribution in [3.8, 4) is 0 Å². The number of primary amides is 1. The van der Waals surface area contributed by atoms with E-state index >= 15 is 0 Å². The number of nitrogens with zero attached hydrogens (tertiary/aromatic N) is 2. The zero-order valence-corrected chi connectivity index (χ0v) is 11.7. The summed E-state index contributed by atoms with van der Waals surface area (Å²) in [6.45, 7) is 4.00. The molecule has 1 fully saturated rings. The second kappa shape index (κ2) is 5.11. The number of nitrogens with two attached hydrogens (primary N) is 1. The van der Waals surface area contributed by atoms with Crippen LogP contribution in [0.4, 0.5) is 5.82 Å². The van der Waals surface area contributed by atoms with Crippen molar-refractivity contribution in [1.29, 1.82) is 0 Å². The van der Waals surface area contributed by atoms with E-state index in [9.17, 15) is 14.7 Å². The summed E-state index contributed by atoms with van der Waals surface area (Å²) < 4.78 is 0. The van der Waals surface area contributed by atoms with Crippen molar-refractivity contribution in [3.05, 3.63) is 23.4 Å². The Labute approximate surface area is 117 Å². The zero-order chi connectivity index (χ0) is 14.9. The van der Waals surface area contributed by atoms with E-state index < -0.39 is 17.4 Å². The molecule has 0 aromatic carbocycles. The highest BCUT2D eigenvalue weighted by Gasteiger charge is 2.43. The number of hydrogen-bond donors (Lipinski definition) is 2. The normalized spacial score (nSPS) is 22.6. The van der Waals surface area contributed by atoms with Crippen LogP contribution in [-0.4, -0.2) is 34.1 Å². The van der Waals surface area contributed by atoms with E-state index in [1.807, 2.05) is 0 Å². The van der Waals surface area contributed by atoms with Gasteiger partial charge in [0, 0.05) is 12.7 Å². The van der Waals surface area contributed by atoms with E-state index in [0.29, 0.717) is 29.9 Å². The maximum Gasteiger partial charge on any atom is 0.329 e. The highest BCUT2D eigenvalue weighted by molar-refractivity contribution is 6.00. The van der Waals surface area contributed by atoms with Gasteiger partial charge in [0.05, 0.1) is 5.56 Å². The van der Waals surface area contributed by atoms with Gasteiger partial charge in [-0.3, -0.25) is 4.79 Å². The third-order valence-electron chi connectivity index (χ3n) is 3.99. The lowest BCUT2D eigenvalue weighted by atomic mass is 9.88. The molecule has 0 radical (unpaired) electrons. The van der Waals surface area contributed by atoms with Crippen molar-refractivity contribution >= 4 is 17.7 Å². The fourth-order valence-corrected chi connectivity index (χ4v) is 2.74. The summed E-state index contributed by atoms with van der Waals surface area (Å²) in [6, 6.07) is 1.70. The Balaban J connectivity index is 2.57. The minimum atomic E-state index is -1.05. The van der Waals surface area contributed by atoms with Crippen LogP contribution >= 0.6 is 0 Å². The number of aliphatic carboxylic acids is 1. The number of aromatic nitrogens is 1. The van der Waals surface area contributed by atoms with Gasteiger partial charge in [0.1, 0.15) is 11.4 Å². The fourth-order valence-electron chi connectivity index (χ4n) is 2.74. The van der Waals surface area contributed by atoms with Gasteiger partial charge in [0.25, 0.3) is 5.91 Å². The fraction of sp³-hybridized carbons (Fsp3) is 0.500. The molecule has 1 aromatic heterocycles. The van der Waals surface area contributed by atoms with Crippen molar-refractivity contribution in [2.24, 2.45) is 5.73 Å². The van der Waals surface area contributed by atoms with E-state index in [4.69, 9.17) is 5.73 Å².